The van der Waals surface area contributed by atoms with Crippen LogP contribution in [0.5, 0.6) is 0 Å². The van der Waals surface area contributed by atoms with Crippen LogP contribution in [-0.2, 0) is 0 Å². The van der Waals surface area contributed by atoms with E-state index in [9.17, 15) is 0 Å². The van der Waals surface area contributed by atoms with Gasteiger partial charge in [-0.05, 0) is 56.3 Å². The van der Waals surface area contributed by atoms with Crippen molar-refractivity contribution in [2.45, 2.75) is 65.3 Å². The number of thiophene rings is 1. The highest BCUT2D eigenvalue weighted by Gasteiger charge is 2.22. The van der Waals surface area contributed by atoms with Gasteiger partial charge in [-0.1, -0.05) is 32.6 Å². The molecule has 0 saturated heterocycles. The van der Waals surface area contributed by atoms with Crippen LogP contribution in [0.15, 0.2) is 35.2 Å². The lowest BCUT2D eigenvalue weighted by Gasteiger charge is -2.28. The van der Waals surface area contributed by atoms with Gasteiger partial charge in [0.2, 0.25) is 0 Å². The first-order valence-corrected chi connectivity index (χ1v) is 10.2. The highest BCUT2D eigenvalue weighted by Crippen LogP contribution is 2.33. The van der Waals surface area contributed by atoms with E-state index in [4.69, 9.17) is 4.98 Å². The number of nitrogens with one attached hydrogen (secondary N) is 1. The highest BCUT2D eigenvalue weighted by atomic mass is 35.5. The van der Waals surface area contributed by atoms with Gasteiger partial charge < -0.3 is 5.32 Å². The van der Waals surface area contributed by atoms with E-state index < -0.39 is 0 Å². The normalized spacial score (nSPS) is 11.5. The zero-order valence-corrected chi connectivity index (χ0v) is 17.8. The number of nitrogens with zero attached hydrogens (tertiary/aromatic N) is 2. The Bertz CT molecular complexity index is 821. The van der Waals surface area contributed by atoms with Crippen LogP contribution in [0, 0.1) is 6.92 Å². The number of hydrogen-bond donors (Lipinski definition) is 1. The van der Waals surface area contributed by atoms with Gasteiger partial charge in [0.05, 0.1) is 0 Å². The number of halogens is 1. The fourth-order valence-electron chi connectivity index (χ4n) is 3.24. The smallest absolute Gasteiger partial charge is 0.139 e. The molecular formula is C21H30ClN3S. The average Bonchev–Trinajstić information content (AvgIpc) is 3.19. The average molecular weight is 392 g/mol. The van der Waals surface area contributed by atoms with Crippen LogP contribution in [0.4, 0.5) is 5.82 Å². The number of imidazole rings is 1. The van der Waals surface area contributed by atoms with Crippen LogP contribution in [0.1, 0.15) is 58.4 Å². The van der Waals surface area contributed by atoms with Crippen molar-refractivity contribution in [3.63, 3.8) is 0 Å². The van der Waals surface area contributed by atoms with E-state index in [1.807, 2.05) is 0 Å². The molecule has 3 aromatic rings. The van der Waals surface area contributed by atoms with Gasteiger partial charge in [0, 0.05) is 22.7 Å². The number of aromatic nitrogens is 2. The van der Waals surface area contributed by atoms with E-state index in [1.54, 1.807) is 11.3 Å². The minimum absolute atomic E-state index is 0. The standard InChI is InChI=1S/C21H29N3S.ClH/c1-5-6-7-8-11-21(3,4)23-20-19(17-10-13-25-15-17)22-18-14-16(2)9-12-24(18)20;/h9-10,12-15,23H,5-8,11H2,1-4H3;1H. The first-order chi connectivity index (χ1) is 12.0. The van der Waals surface area contributed by atoms with Crippen LogP contribution in [-0.4, -0.2) is 14.9 Å². The molecule has 0 spiro atoms. The Balaban J connectivity index is 0.00000243. The number of fused-ring (bicyclic) bond motifs is 1. The lowest BCUT2D eigenvalue weighted by molar-refractivity contribution is 0.476. The van der Waals surface area contributed by atoms with E-state index in [-0.39, 0.29) is 17.9 Å². The summed E-state index contributed by atoms with van der Waals surface area (Å²) in [6, 6.07) is 6.44. The second kappa shape index (κ2) is 8.92. The summed E-state index contributed by atoms with van der Waals surface area (Å²) >= 11 is 1.72. The third-order valence-corrected chi connectivity index (χ3v) is 5.37. The van der Waals surface area contributed by atoms with Crippen LogP contribution in [0.25, 0.3) is 16.9 Å². The van der Waals surface area contributed by atoms with Crippen LogP contribution >= 0.6 is 23.7 Å². The van der Waals surface area contributed by atoms with Crippen LogP contribution < -0.4 is 5.32 Å². The van der Waals surface area contributed by atoms with Crippen LogP contribution in [0.3, 0.4) is 0 Å². The van der Waals surface area contributed by atoms with Crippen molar-refractivity contribution in [1.29, 1.82) is 0 Å². The maximum Gasteiger partial charge on any atom is 0.139 e. The van der Waals surface area contributed by atoms with E-state index >= 15 is 0 Å². The summed E-state index contributed by atoms with van der Waals surface area (Å²) < 4.78 is 2.19. The minimum atomic E-state index is 0. The quantitative estimate of drug-likeness (QED) is 0.420. The predicted octanol–water partition coefficient (Wildman–Crippen LogP) is 6.95. The number of aryl methyl sites for hydroxylation is 1. The summed E-state index contributed by atoms with van der Waals surface area (Å²) in [6.45, 7) is 8.97. The Morgan fingerprint density at radius 3 is 2.69 bits per heavy atom. The lowest BCUT2D eigenvalue weighted by atomic mass is 9.96. The van der Waals surface area contributed by atoms with Crippen molar-refractivity contribution < 1.29 is 0 Å². The van der Waals surface area contributed by atoms with Crippen molar-refractivity contribution in [1.82, 2.24) is 9.38 Å². The van der Waals surface area contributed by atoms with Gasteiger partial charge in [0.15, 0.2) is 0 Å². The van der Waals surface area contributed by atoms with Gasteiger partial charge in [-0.15, -0.1) is 12.4 Å². The molecular weight excluding hydrogens is 362 g/mol. The Hall–Kier alpha value is -1.52. The summed E-state index contributed by atoms with van der Waals surface area (Å²) in [5, 5.41) is 8.09. The van der Waals surface area contributed by atoms with Crippen molar-refractivity contribution in [3.05, 3.63) is 40.7 Å². The van der Waals surface area contributed by atoms with Gasteiger partial charge in [0.25, 0.3) is 0 Å². The molecule has 0 aliphatic heterocycles. The topological polar surface area (TPSA) is 29.3 Å². The summed E-state index contributed by atoms with van der Waals surface area (Å²) in [6.07, 6.45) is 8.47. The summed E-state index contributed by atoms with van der Waals surface area (Å²) in [5.74, 6) is 1.11. The van der Waals surface area contributed by atoms with Crippen LogP contribution in [0.2, 0.25) is 0 Å². The highest BCUT2D eigenvalue weighted by molar-refractivity contribution is 7.08. The molecule has 26 heavy (non-hydrogen) atoms. The molecule has 0 saturated carbocycles. The molecule has 1 N–H and O–H groups in total. The van der Waals surface area contributed by atoms with Crippen molar-refractivity contribution in [2.24, 2.45) is 0 Å². The molecule has 0 amide bonds. The number of pyridine rings is 1. The number of anilines is 1. The summed E-state index contributed by atoms with van der Waals surface area (Å²) in [4.78, 5) is 4.92. The number of rotatable bonds is 8. The van der Waals surface area contributed by atoms with Gasteiger partial charge in [-0.3, -0.25) is 4.40 Å². The molecule has 0 aliphatic carbocycles. The van der Waals surface area contributed by atoms with Crippen molar-refractivity contribution >= 4 is 35.2 Å². The molecule has 0 atom stereocenters. The Labute approximate surface area is 167 Å². The second-order valence-electron chi connectivity index (χ2n) is 7.57. The molecule has 3 aromatic heterocycles. The molecule has 5 heteroatoms. The van der Waals surface area contributed by atoms with Gasteiger partial charge in [0.1, 0.15) is 17.2 Å². The maximum atomic E-state index is 4.92. The van der Waals surface area contributed by atoms with Gasteiger partial charge >= 0.3 is 0 Å². The summed E-state index contributed by atoms with van der Waals surface area (Å²) in [7, 11) is 0. The maximum absolute atomic E-state index is 4.92. The van der Waals surface area contributed by atoms with E-state index in [0.29, 0.717) is 0 Å². The molecule has 0 aromatic carbocycles. The number of unbranched alkanes of at least 4 members (excludes halogenated alkanes) is 3. The Morgan fingerprint density at radius 2 is 2.00 bits per heavy atom. The molecule has 3 heterocycles. The van der Waals surface area contributed by atoms with E-state index in [1.165, 1.54) is 36.8 Å². The second-order valence-corrected chi connectivity index (χ2v) is 8.35. The van der Waals surface area contributed by atoms with E-state index in [2.05, 4.69) is 72.6 Å². The summed E-state index contributed by atoms with van der Waals surface area (Å²) in [5.41, 5.74) is 4.52. The SMILES string of the molecule is CCCCCCC(C)(C)Nc1c(-c2ccsc2)nc2cc(C)ccn12.Cl. The molecule has 0 unspecified atom stereocenters. The Morgan fingerprint density at radius 1 is 1.19 bits per heavy atom. The zero-order valence-electron chi connectivity index (χ0n) is 16.2. The molecule has 0 bridgehead atoms. The third kappa shape index (κ3) is 4.80. The first-order valence-electron chi connectivity index (χ1n) is 9.29. The predicted molar refractivity (Wildman–Crippen MR) is 117 cm³/mol. The molecule has 142 valence electrons. The monoisotopic (exact) mass is 391 g/mol. The van der Waals surface area contributed by atoms with Gasteiger partial charge in [-0.2, -0.15) is 11.3 Å². The third-order valence-electron chi connectivity index (χ3n) is 4.69. The fourth-order valence-corrected chi connectivity index (χ4v) is 3.88. The minimum Gasteiger partial charge on any atom is -0.364 e. The lowest BCUT2D eigenvalue weighted by Crippen LogP contribution is -2.31. The molecule has 3 rings (SSSR count). The molecule has 0 aliphatic rings. The van der Waals surface area contributed by atoms with Gasteiger partial charge in [-0.25, -0.2) is 4.98 Å². The first kappa shape index (κ1) is 20.8. The van der Waals surface area contributed by atoms with Crippen molar-refractivity contribution in [2.75, 3.05) is 5.32 Å². The fraction of sp³-hybridized carbons (Fsp3) is 0.476. The molecule has 0 fully saturated rings. The number of hydrogen-bond acceptors (Lipinski definition) is 3. The zero-order chi connectivity index (χ0) is 17.9. The molecule has 0 radical (unpaired) electrons. The van der Waals surface area contributed by atoms with Crippen molar-refractivity contribution in [3.8, 4) is 11.3 Å². The Kier molecular flexibility index (Phi) is 7.13. The van der Waals surface area contributed by atoms with E-state index in [0.717, 1.165) is 23.6 Å². The largest absolute Gasteiger partial charge is 0.364 e. The molecule has 3 nitrogen and oxygen atoms in total.